The summed E-state index contributed by atoms with van der Waals surface area (Å²) in [6.45, 7) is 0.934. The van der Waals surface area contributed by atoms with E-state index in [-0.39, 0.29) is 6.07 Å². The Hall–Kier alpha value is -3.23. The molecule has 0 saturated carbocycles. The summed E-state index contributed by atoms with van der Waals surface area (Å²) in [4.78, 5) is 14.8. The summed E-state index contributed by atoms with van der Waals surface area (Å²) in [5.74, 6) is -9.43. The van der Waals surface area contributed by atoms with E-state index in [1.807, 2.05) is 0 Å². The number of hydrogen-bond acceptors (Lipinski definition) is 3. The van der Waals surface area contributed by atoms with Crippen LogP contribution in [0, 0.1) is 36.0 Å². The quantitative estimate of drug-likeness (QED) is 0.274. The van der Waals surface area contributed by atoms with Crippen LogP contribution in [0.1, 0.15) is 11.1 Å². The van der Waals surface area contributed by atoms with Gasteiger partial charge in [-0.15, -0.1) is 0 Å². The SMILES string of the molecule is Cc1c(F)c(F)cc(F)c1C(O)=C(C=Nc1ccc(F)cc1F)C(=O)O. The van der Waals surface area contributed by atoms with Crippen molar-refractivity contribution >= 4 is 23.6 Å². The average molecular weight is 371 g/mol. The smallest absolute Gasteiger partial charge is 0.341 e. The van der Waals surface area contributed by atoms with Crippen molar-refractivity contribution in [3.63, 3.8) is 0 Å². The highest BCUT2D eigenvalue weighted by Gasteiger charge is 2.23. The lowest BCUT2D eigenvalue weighted by molar-refractivity contribution is -0.132. The number of aliphatic imine (C=N–C) groups is 1. The van der Waals surface area contributed by atoms with Crippen LogP contribution in [0.3, 0.4) is 0 Å². The van der Waals surface area contributed by atoms with Gasteiger partial charge in [-0.05, 0) is 19.1 Å². The van der Waals surface area contributed by atoms with E-state index in [4.69, 9.17) is 5.11 Å². The second kappa shape index (κ2) is 7.34. The number of hydrogen-bond donors (Lipinski definition) is 2. The summed E-state index contributed by atoms with van der Waals surface area (Å²) >= 11 is 0. The van der Waals surface area contributed by atoms with Crippen LogP contribution in [-0.4, -0.2) is 22.4 Å². The number of carboxylic acids is 1. The maximum atomic E-state index is 13.9. The third-order valence-corrected chi connectivity index (χ3v) is 3.37. The molecule has 0 spiro atoms. The van der Waals surface area contributed by atoms with Gasteiger partial charge in [-0.1, -0.05) is 0 Å². The number of rotatable bonds is 4. The summed E-state index contributed by atoms with van der Waals surface area (Å²) in [7, 11) is 0. The first-order valence-corrected chi connectivity index (χ1v) is 6.93. The summed E-state index contributed by atoms with van der Waals surface area (Å²) in [6, 6.07) is 2.40. The fourth-order valence-corrected chi connectivity index (χ4v) is 2.08. The van der Waals surface area contributed by atoms with Gasteiger partial charge in [-0.25, -0.2) is 26.7 Å². The molecule has 2 aromatic rings. The summed E-state index contributed by atoms with van der Waals surface area (Å²) in [5, 5.41) is 19.2. The number of carbonyl (C=O) groups is 1. The highest BCUT2D eigenvalue weighted by atomic mass is 19.2. The van der Waals surface area contributed by atoms with E-state index in [1.165, 1.54) is 0 Å². The molecule has 0 unspecified atom stereocenters. The van der Waals surface area contributed by atoms with Gasteiger partial charge in [0.15, 0.2) is 17.5 Å². The Morgan fingerprint density at radius 2 is 1.65 bits per heavy atom. The molecule has 0 aliphatic rings. The Kier molecular flexibility index (Phi) is 5.39. The molecular weight excluding hydrogens is 361 g/mol. The Labute approximate surface area is 143 Å². The minimum absolute atomic E-state index is 0.143. The van der Waals surface area contributed by atoms with E-state index in [0.29, 0.717) is 12.3 Å². The Bertz CT molecular complexity index is 954. The second-order valence-electron chi connectivity index (χ2n) is 5.08. The van der Waals surface area contributed by atoms with Crippen molar-refractivity contribution in [2.75, 3.05) is 0 Å². The topological polar surface area (TPSA) is 69.9 Å². The molecule has 0 radical (unpaired) electrons. The van der Waals surface area contributed by atoms with Gasteiger partial charge in [-0.2, -0.15) is 0 Å². The van der Waals surface area contributed by atoms with E-state index in [1.54, 1.807) is 0 Å². The van der Waals surface area contributed by atoms with Crippen molar-refractivity contribution in [2.45, 2.75) is 6.92 Å². The lowest BCUT2D eigenvalue weighted by Gasteiger charge is -2.10. The van der Waals surface area contributed by atoms with Gasteiger partial charge in [0.05, 0.1) is 11.3 Å². The van der Waals surface area contributed by atoms with Crippen molar-refractivity contribution in [3.05, 3.63) is 70.1 Å². The molecule has 2 aromatic carbocycles. The van der Waals surface area contributed by atoms with E-state index >= 15 is 0 Å². The number of aliphatic carboxylic acids is 1. The van der Waals surface area contributed by atoms with Crippen molar-refractivity contribution in [1.29, 1.82) is 0 Å². The Balaban J connectivity index is 2.61. The molecule has 0 bridgehead atoms. The average Bonchev–Trinajstić information content (AvgIpc) is 2.54. The molecule has 0 aliphatic heterocycles. The number of benzene rings is 2. The van der Waals surface area contributed by atoms with Gasteiger partial charge < -0.3 is 10.2 Å². The molecule has 4 nitrogen and oxygen atoms in total. The largest absolute Gasteiger partial charge is 0.506 e. The monoisotopic (exact) mass is 371 g/mol. The molecule has 2 N–H and O–H groups in total. The van der Waals surface area contributed by atoms with Gasteiger partial charge in [-0.3, -0.25) is 4.99 Å². The predicted molar refractivity (Wildman–Crippen MR) is 82.7 cm³/mol. The first-order chi connectivity index (χ1) is 12.1. The van der Waals surface area contributed by atoms with Crippen LogP contribution in [-0.2, 0) is 4.79 Å². The Morgan fingerprint density at radius 3 is 2.23 bits per heavy atom. The molecule has 0 aliphatic carbocycles. The van der Waals surface area contributed by atoms with Crippen LogP contribution in [0.15, 0.2) is 34.8 Å². The molecule has 0 fully saturated rings. The standard InChI is InChI=1S/C17H10F5NO3/c1-7-14(11(20)5-12(21)15(7)22)16(24)9(17(25)26)6-23-13-3-2-8(18)4-10(13)19/h2-6,24H,1H3,(H,25,26). The van der Waals surface area contributed by atoms with Crippen molar-refractivity contribution < 1.29 is 37.0 Å². The van der Waals surface area contributed by atoms with Crippen molar-refractivity contribution in [1.82, 2.24) is 0 Å². The molecule has 136 valence electrons. The maximum Gasteiger partial charge on any atom is 0.341 e. The third kappa shape index (κ3) is 3.71. The first kappa shape index (κ1) is 19.1. The predicted octanol–water partition coefficient (Wildman–Crippen LogP) is 4.45. The summed E-state index contributed by atoms with van der Waals surface area (Å²) < 4.78 is 67.0. The molecule has 0 amide bonds. The molecule has 9 heteroatoms. The molecular formula is C17H10F5NO3. The Morgan fingerprint density at radius 1 is 1.00 bits per heavy atom. The van der Waals surface area contributed by atoms with Crippen LogP contribution < -0.4 is 0 Å². The molecule has 0 aromatic heterocycles. The number of halogens is 5. The lowest BCUT2D eigenvalue weighted by Crippen LogP contribution is -2.09. The summed E-state index contributed by atoms with van der Waals surface area (Å²) in [6.07, 6.45) is 0.480. The van der Waals surface area contributed by atoms with Gasteiger partial charge in [0.25, 0.3) is 0 Å². The zero-order valence-corrected chi connectivity index (χ0v) is 13.0. The zero-order valence-electron chi connectivity index (χ0n) is 13.0. The number of nitrogens with zero attached hydrogens (tertiary/aromatic N) is 1. The van der Waals surface area contributed by atoms with Crippen LogP contribution in [0.4, 0.5) is 27.6 Å². The van der Waals surface area contributed by atoms with Crippen molar-refractivity contribution in [3.8, 4) is 0 Å². The molecule has 0 saturated heterocycles. The van der Waals surface area contributed by atoms with Crippen LogP contribution in [0.25, 0.3) is 5.76 Å². The van der Waals surface area contributed by atoms with Crippen LogP contribution >= 0.6 is 0 Å². The zero-order chi connectivity index (χ0) is 19.6. The number of aliphatic hydroxyl groups is 1. The number of aliphatic hydroxyl groups excluding tert-OH is 1. The maximum absolute atomic E-state index is 13.9. The highest BCUT2D eigenvalue weighted by molar-refractivity contribution is 6.14. The lowest BCUT2D eigenvalue weighted by atomic mass is 10.0. The fourth-order valence-electron chi connectivity index (χ4n) is 2.08. The van der Waals surface area contributed by atoms with Crippen molar-refractivity contribution in [2.24, 2.45) is 4.99 Å². The first-order valence-electron chi connectivity index (χ1n) is 6.93. The fraction of sp³-hybridized carbons (Fsp3) is 0.0588. The van der Waals surface area contributed by atoms with Gasteiger partial charge in [0, 0.05) is 23.9 Å². The van der Waals surface area contributed by atoms with E-state index in [9.17, 15) is 31.9 Å². The normalized spacial score (nSPS) is 12.4. The molecule has 26 heavy (non-hydrogen) atoms. The highest BCUT2D eigenvalue weighted by Crippen LogP contribution is 2.27. The summed E-state index contributed by atoms with van der Waals surface area (Å²) in [5.41, 5.74) is -3.02. The van der Waals surface area contributed by atoms with E-state index in [2.05, 4.69) is 4.99 Å². The van der Waals surface area contributed by atoms with E-state index in [0.717, 1.165) is 19.1 Å². The van der Waals surface area contributed by atoms with Gasteiger partial charge >= 0.3 is 5.97 Å². The van der Waals surface area contributed by atoms with Gasteiger partial charge in [0.1, 0.15) is 23.0 Å². The van der Waals surface area contributed by atoms with Gasteiger partial charge in [0.2, 0.25) is 0 Å². The molecule has 2 rings (SSSR count). The van der Waals surface area contributed by atoms with E-state index < -0.39 is 63.2 Å². The minimum Gasteiger partial charge on any atom is -0.506 e. The molecule has 0 atom stereocenters. The number of carboxylic acid groups (broad SMARTS) is 1. The second-order valence-corrected chi connectivity index (χ2v) is 5.08. The molecule has 0 heterocycles. The van der Waals surface area contributed by atoms with Crippen LogP contribution in [0.2, 0.25) is 0 Å². The third-order valence-electron chi connectivity index (χ3n) is 3.37. The minimum atomic E-state index is -1.79. The van der Waals surface area contributed by atoms with Crippen LogP contribution in [0.5, 0.6) is 0 Å².